The van der Waals surface area contributed by atoms with Crippen LogP contribution in [0.3, 0.4) is 0 Å². The normalized spacial score (nSPS) is 14.7. The second-order valence-corrected chi connectivity index (χ2v) is 7.36. The first kappa shape index (κ1) is 19.9. The lowest BCUT2D eigenvalue weighted by Gasteiger charge is -2.35. The van der Waals surface area contributed by atoms with E-state index in [1.165, 1.54) is 12.1 Å². The van der Waals surface area contributed by atoms with E-state index in [-0.39, 0.29) is 24.0 Å². The number of phenolic OH excluding ortho intramolecular Hbond substituents is 1. The van der Waals surface area contributed by atoms with Gasteiger partial charge in [-0.05, 0) is 43.3 Å². The number of para-hydroxylation sites is 2. The summed E-state index contributed by atoms with van der Waals surface area (Å²) in [5.41, 5.74) is 2.25. The van der Waals surface area contributed by atoms with E-state index < -0.39 is 0 Å². The van der Waals surface area contributed by atoms with E-state index in [0.717, 1.165) is 37.6 Å². The van der Waals surface area contributed by atoms with Crippen LogP contribution in [0.25, 0.3) is 5.69 Å². The Morgan fingerprint density at radius 2 is 1.80 bits per heavy atom. The third-order valence-electron chi connectivity index (χ3n) is 5.13. The molecule has 0 bridgehead atoms. The molecular weight excluding hydrogens is 385 g/mol. The maximum Gasteiger partial charge on any atom is 0.239 e. The number of carbonyl (C=O) groups excluding carboxylic acids is 1. The van der Waals surface area contributed by atoms with Gasteiger partial charge in [0.25, 0.3) is 0 Å². The number of aryl methyl sites for hydroxylation is 1. The van der Waals surface area contributed by atoms with Gasteiger partial charge < -0.3 is 15.3 Å². The molecule has 1 fully saturated rings. The molecule has 0 radical (unpaired) electrons. The van der Waals surface area contributed by atoms with Crippen LogP contribution >= 0.6 is 0 Å². The highest BCUT2D eigenvalue weighted by Gasteiger charge is 2.21. The highest BCUT2D eigenvalue weighted by molar-refractivity contribution is 5.91. The van der Waals surface area contributed by atoms with Crippen molar-refractivity contribution < 1.29 is 14.3 Å². The van der Waals surface area contributed by atoms with Gasteiger partial charge in [0.15, 0.2) is 0 Å². The van der Waals surface area contributed by atoms with Gasteiger partial charge in [0.1, 0.15) is 17.4 Å². The minimum Gasteiger partial charge on any atom is -0.506 e. The Morgan fingerprint density at radius 3 is 2.50 bits per heavy atom. The first-order valence-electron chi connectivity index (χ1n) is 9.87. The standard InChI is InChI=1S/C22H24FN5O2/c1-16-14-21(28(25-16)18-8-6-17(23)7-9-18)24-22(30)15-26-10-12-27(13-11-26)19-4-2-3-5-20(19)29/h2-9,14,29H,10-13,15H2,1H3,(H,24,30). The van der Waals surface area contributed by atoms with Crippen molar-refractivity contribution in [2.24, 2.45) is 0 Å². The zero-order valence-electron chi connectivity index (χ0n) is 16.8. The lowest BCUT2D eigenvalue weighted by Crippen LogP contribution is -2.48. The van der Waals surface area contributed by atoms with E-state index in [0.29, 0.717) is 11.5 Å². The van der Waals surface area contributed by atoms with Crippen LogP contribution in [0.15, 0.2) is 54.6 Å². The third-order valence-corrected chi connectivity index (χ3v) is 5.13. The molecule has 1 aliphatic heterocycles. The molecule has 4 rings (SSSR count). The van der Waals surface area contributed by atoms with Gasteiger partial charge in [-0.1, -0.05) is 12.1 Å². The maximum absolute atomic E-state index is 13.2. The highest BCUT2D eigenvalue weighted by Crippen LogP contribution is 2.27. The van der Waals surface area contributed by atoms with E-state index in [1.807, 2.05) is 19.1 Å². The number of benzene rings is 2. The number of halogens is 1. The molecule has 30 heavy (non-hydrogen) atoms. The molecule has 2 aromatic carbocycles. The van der Waals surface area contributed by atoms with E-state index in [9.17, 15) is 14.3 Å². The first-order valence-corrected chi connectivity index (χ1v) is 9.87. The fourth-order valence-electron chi connectivity index (χ4n) is 3.63. The van der Waals surface area contributed by atoms with Crippen molar-refractivity contribution >= 4 is 17.4 Å². The summed E-state index contributed by atoms with van der Waals surface area (Å²) in [4.78, 5) is 16.8. The van der Waals surface area contributed by atoms with Gasteiger partial charge in [0, 0.05) is 32.2 Å². The molecule has 156 valence electrons. The number of nitrogens with one attached hydrogen (secondary N) is 1. The van der Waals surface area contributed by atoms with Gasteiger partial charge in [-0.2, -0.15) is 5.10 Å². The van der Waals surface area contributed by atoms with Crippen LogP contribution < -0.4 is 10.2 Å². The zero-order chi connectivity index (χ0) is 21.1. The number of aromatic hydroxyl groups is 1. The molecule has 7 nitrogen and oxygen atoms in total. The van der Waals surface area contributed by atoms with E-state index in [4.69, 9.17) is 0 Å². The lowest BCUT2D eigenvalue weighted by atomic mass is 10.2. The van der Waals surface area contributed by atoms with E-state index in [2.05, 4.69) is 20.2 Å². The van der Waals surface area contributed by atoms with Gasteiger partial charge in [0.2, 0.25) is 5.91 Å². The summed E-state index contributed by atoms with van der Waals surface area (Å²) < 4.78 is 14.8. The van der Waals surface area contributed by atoms with Gasteiger partial charge in [-0.3, -0.25) is 9.69 Å². The molecule has 0 atom stereocenters. The Balaban J connectivity index is 1.36. The average Bonchev–Trinajstić information content (AvgIpc) is 3.09. The van der Waals surface area contributed by atoms with Crippen LogP contribution in [-0.4, -0.2) is 58.4 Å². The molecule has 2 heterocycles. The summed E-state index contributed by atoms with van der Waals surface area (Å²) in [7, 11) is 0. The fraction of sp³-hybridized carbons (Fsp3) is 0.273. The summed E-state index contributed by atoms with van der Waals surface area (Å²) in [5.74, 6) is 0.371. The number of phenols is 1. The number of anilines is 2. The van der Waals surface area contributed by atoms with Crippen LogP contribution in [0.1, 0.15) is 5.69 Å². The first-order chi connectivity index (χ1) is 14.5. The number of hydrogen-bond acceptors (Lipinski definition) is 5. The quantitative estimate of drug-likeness (QED) is 0.678. The van der Waals surface area contributed by atoms with Gasteiger partial charge in [0.05, 0.1) is 23.6 Å². The predicted molar refractivity (Wildman–Crippen MR) is 114 cm³/mol. The van der Waals surface area contributed by atoms with E-state index >= 15 is 0 Å². The molecule has 1 saturated heterocycles. The molecule has 0 saturated carbocycles. The molecule has 0 aliphatic carbocycles. The van der Waals surface area contributed by atoms with Crippen molar-refractivity contribution in [1.29, 1.82) is 0 Å². The average molecular weight is 409 g/mol. The van der Waals surface area contributed by atoms with Crippen LogP contribution in [0.2, 0.25) is 0 Å². The van der Waals surface area contributed by atoms with Crippen LogP contribution in [0.5, 0.6) is 5.75 Å². The number of nitrogens with zero attached hydrogens (tertiary/aromatic N) is 4. The summed E-state index contributed by atoms with van der Waals surface area (Å²) in [6.45, 7) is 5.01. The number of aromatic nitrogens is 2. The third kappa shape index (κ3) is 4.44. The van der Waals surface area contributed by atoms with Crippen LogP contribution in [0, 0.1) is 12.7 Å². The Morgan fingerprint density at radius 1 is 1.10 bits per heavy atom. The summed E-state index contributed by atoms with van der Waals surface area (Å²) in [5, 5.41) is 17.3. The largest absolute Gasteiger partial charge is 0.506 e. The highest BCUT2D eigenvalue weighted by atomic mass is 19.1. The van der Waals surface area contributed by atoms with Crippen molar-refractivity contribution in [3.05, 3.63) is 66.1 Å². The summed E-state index contributed by atoms with van der Waals surface area (Å²) in [6.07, 6.45) is 0. The molecule has 8 heteroatoms. The molecule has 1 amide bonds. The number of hydrogen-bond donors (Lipinski definition) is 2. The second kappa shape index (κ2) is 8.54. The number of amides is 1. The van der Waals surface area contributed by atoms with Gasteiger partial charge in [-0.15, -0.1) is 0 Å². The minimum atomic E-state index is -0.323. The smallest absolute Gasteiger partial charge is 0.239 e. The SMILES string of the molecule is Cc1cc(NC(=O)CN2CCN(c3ccccc3O)CC2)n(-c2ccc(F)cc2)n1. The lowest BCUT2D eigenvalue weighted by molar-refractivity contribution is -0.117. The number of carbonyl (C=O) groups is 1. The van der Waals surface area contributed by atoms with Crippen molar-refractivity contribution in [3.8, 4) is 11.4 Å². The minimum absolute atomic E-state index is 0.130. The van der Waals surface area contributed by atoms with Gasteiger partial charge >= 0.3 is 0 Å². The number of piperazine rings is 1. The Bertz CT molecular complexity index is 1030. The summed E-state index contributed by atoms with van der Waals surface area (Å²) in [6, 6.07) is 15.0. The van der Waals surface area contributed by atoms with Crippen molar-refractivity contribution in [3.63, 3.8) is 0 Å². The second-order valence-electron chi connectivity index (χ2n) is 7.36. The zero-order valence-corrected chi connectivity index (χ0v) is 16.8. The Hall–Kier alpha value is -3.39. The molecular formula is C22H24FN5O2. The Kier molecular flexibility index (Phi) is 5.67. The monoisotopic (exact) mass is 409 g/mol. The van der Waals surface area contributed by atoms with E-state index in [1.54, 1.807) is 35.0 Å². The summed E-state index contributed by atoms with van der Waals surface area (Å²) >= 11 is 0. The topological polar surface area (TPSA) is 73.6 Å². The number of rotatable bonds is 5. The molecule has 1 aliphatic rings. The molecule has 1 aromatic heterocycles. The molecule has 2 N–H and O–H groups in total. The molecule has 3 aromatic rings. The van der Waals surface area contributed by atoms with Gasteiger partial charge in [-0.25, -0.2) is 9.07 Å². The fourth-order valence-corrected chi connectivity index (χ4v) is 3.63. The maximum atomic E-state index is 13.2. The van der Waals surface area contributed by atoms with Crippen LogP contribution in [-0.2, 0) is 4.79 Å². The molecule has 0 unspecified atom stereocenters. The van der Waals surface area contributed by atoms with Crippen molar-refractivity contribution in [1.82, 2.24) is 14.7 Å². The van der Waals surface area contributed by atoms with Crippen molar-refractivity contribution in [2.75, 3.05) is 42.9 Å². The van der Waals surface area contributed by atoms with Crippen LogP contribution in [0.4, 0.5) is 15.9 Å². The predicted octanol–water partition coefficient (Wildman–Crippen LogP) is 2.79. The van der Waals surface area contributed by atoms with Crippen molar-refractivity contribution in [2.45, 2.75) is 6.92 Å². The molecule has 0 spiro atoms. The Labute approximate surface area is 174 Å².